The smallest absolute Gasteiger partial charge is 0.0757 e. The normalized spacial score (nSPS) is 32.7. The van der Waals surface area contributed by atoms with Crippen LogP contribution in [0.4, 0.5) is 0 Å². The molecule has 2 aliphatic rings. The second kappa shape index (κ2) is 5.71. The predicted molar refractivity (Wildman–Crippen MR) is 86.6 cm³/mol. The highest BCUT2D eigenvalue weighted by Gasteiger charge is 2.39. The van der Waals surface area contributed by atoms with Crippen molar-refractivity contribution in [3.05, 3.63) is 35.4 Å². The average molecular weight is 288 g/mol. The molecule has 3 rings (SSSR count). The van der Waals surface area contributed by atoms with Gasteiger partial charge >= 0.3 is 0 Å². The zero-order valence-electron chi connectivity index (χ0n) is 13.7. The summed E-state index contributed by atoms with van der Waals surface area (Å²) in [7, 11) is 2.09. The first kappa shape index (κ1) is 15.0. The molecule has 0 saturated carbocycles. The van der Waals surface area contributed by atoms with Crippen LogP contribution >= 0.6 is 0 Å². The Hall–Kier alpha value is -0.900. The van der Waals surface area contributed by atoms with E-state index in [1.807, 2.05) is 0 Å². The van der Waals surface area contributed by atoms with Gasteiger partial charge < -0.3 is 10.1 Å². The molecule has 1 aliphatic heterocycles. The van der Waals surface area contributed by atoms with Gasteiger partial charge in [0, 0.05) is 25.2 Å². The molecular weight excluding hydrogens is 260 g/mol. The molecule has 1 heterocycles. The Morgan fingerprint density at radius 3 is 2.76 bits per heavy atom. The van der Waals surface area contributed by atoms with Crippen molar-refractivity contribution in [2.24, 2.45) is 0 Å². The fourth-order valence-electron chi connectivity index (χ4n) is 4.24. The van der Waals surface area contributed by atoms with Crippen LogP contribution in [0.15, 0.2) is 24.3 Å². The summed E-state index contributed by atoms with van der Waals surface area (Å²) in [5, 5.41) is 3.57. The highest BCUT2D eigenvalue weighted by Crippen LogP contribution is 2.35. The number of hydrogen-bond acceptors (Lipinski definition) is 3. The SMILES string of the molecule is CNC1c2ccccc2CCC1N1CC(C)OC(C)(C)C1. The molecule has 0 amide bonds. The third-order valence-electron chi connectivity index (χ3n) is 4.86. The maximum absolute atomic E-state index is 6.07. The molecule has 116 valence electrons. The van der Waals surface area contributed by atoms with Crippen molar-refractivity contribution >= 4 is 0 Å². The first-order chi connectivity index (χ1) is 10.00. The average Bonchev–Trinajstić information content (AvgIpc) is 2.43. The number of rotatable bonds is 2. The van der Waals surface area contributed by atoms with Crippen molar-refractivity contribution in [1.82, 2.24) is 10.2 Å². The monoisotopic (exact) mass is 288 g/mol. The number of benzene rings is 1. The number of hydrogen-bond donors (Lipinski definition) is 1. The minimum Gasteiger partial charge on any atom is -0.370 e. The second-order valence-corrected chi connectivity index (χ2v) is 7.19. The van der Waals surface area contributed by atoms with Crippen molar-refractivity contribution < 1.29 is 4.74 Å². The Morgan fingerprint density at radius 1 is 1.29 bits per heavy atom. The van der Waals surface area contributed by atoms with E-state index in [2.05, 4.69) is 62.3 Å². The van der Waals surface area contributed by atoms with Gasteiger partial charge in [-0.3, -0.25) is 4.90 Å². The molecule has 1 fully saturated rings. The molecule has 3 atom stereocenters. The van der Waals surface area contributed by atoms with E-state index in [4.69, 9.17) is 4.74 Å². The Labute approximate surface area is 128 Å². The Balaban J connectivity index is 1.85. The van der Waals surface area contributed by atoms with Crippen LogP contribution in [-0.2, 0) is 11.2 Å². The number of nitrogens with one attached hydrogen (secondary N) is 1. The molecule has 0 radical (unpaired) electrons. The third-order valence-corrected chi connectivity index (χ3v) is 4.86. The first-order valence-electron chi connectivity index (χ1n) is 8.17. The summed E-state index contributed by atoms with van der Waals surface area (Å²) in [4.78, 5) is 2.64. The van der Waals surface area contributed by atoms with Crippen molar-refractivity contribution in [3.63, 3.8) is 0 Å². The van der Waals surface area contributed by atoms with E-state index in [1.54, 1.807) is 0 Å². The van der Waals surface area contributed by atoms with Crippen molar-refractivity contribution in [3.8, 4) is 0 Å². The van der Waals surface area contributed by atoms with Gasteiger partial charge in [0.05, 0.1) is 11.7 Å². The number of aryl methyl sites for hydroxylation is 1. The fourth-order valence-corrected chi connectivity index (χ4v) is 4.24. The topological polar surface area (TPSA) is 24.5 Å². The summed E-state index contributed by atoms with van der Waals surface area (Å²) in [5.74, 6) is 0. The molecule has 1 aromatic carbocycles. The minimum atomic E-state index is -0.0487. The number of fused-ring (bicyclic) bond motifs is 1. The lowest BCUT2D eigenvalue weighted by Crippen LogP contribution is -2.58. The molecule has 0 bridgehead atoms. The zero-order chi connectivity index (χ0) is 15.0. The van der Waals surface area contributed by atoms with Crippen LogP contribution in [-0.4, -0.2) is 42.8 Å². The van der Waals surface area contributed by atoms with E-state index < -0.39 is 0 Å². The molecule has 21 heavy (non-hydrogen) atoms. The van der Waals surface area contributed by atoms with E-state index in [1.165, 1.54) is 24.0 Å². The molecule has 3 nitrogen and oxygen atoms in total. The molecule has 0 aromatic heterocycles. The van der Waals surface area contributed by atoms with Gasteiger partial charge in [-0.25, -0.2) is 0 Å². The Bertz CT molecular complexity index is 500. The van der Waals surface area contributed by atoms with Gasteiger partial charge in [0.2, 0.25) is 0 Å². The number of likely N-dealkylation sites (N-methyl/N-ethyl adjacent to an activating group) is 1. The van der Waals surface area contributed by atoms with Gasteiger partial charge in [-0.1, -0.05) is 24.3 Å². The third kappa shape index (κ3) is 3.01. The van der Waals surface area contributed by atoms with Crippen molar-refractivity contribution in [2.75, 3.05) is 20.1 Å². The van der Waals surface area contributed by atoms with E-state index in [0.29, 0.717) is 18.2 Å². The van der Waals surface area contributed by atoms with Crippen LogP contribution < -0.4 is 5.32 Å². The second-order valence-electron chi connectivity index (χ2n) is 7.19. The molecule has 1 aromatic rings. The minimum absolute atomic E-state index is 0.0487. The highest BCUT2D eigenvalue weighted by molar-refractivity contribution is 5.34. The quantitative estimate of drug-likeness (QED) is 0.905. The number of ether oxygens (including phenoxy) is 1. The predicted octanol–water partition coefficient (Wildman–Crippen LogP) is 2.76. The van der Waals surface area contributed by atoms with Gasteiger partial charge in [-0.15, -0.1) is 0 Å². The molecule has 1 saturated heterocycles. The fraction of sp³-hybridized carbons (Fsp3) is 0.667. The van der Waals surface area contributed by atoms with Crippen LogP contribution in [0.3, 0.4) is 0 Å². The summed E-state index contributed by atoms with van der Waals surface area (Å²) < 4.78 is 6.07. The largest absolute Gasteiger partial charge is 0.370 e. The molecule has 3 unspecified atom stereocenters. The number of nitrogens with zero attached hydrogens (tertiary/aromatic N) is 1. The lowest BCUT2D eigenvalue weighted by Gasteiger charge is -2.48. The summed E-state index contributed by atoms with van der Waals surface area (Å²) in [5.41, 5.74) is 2.94. The van der Waals surface area contributed by atoms with E-state index in [0.717, 1.165) is 13.1 Å². The van der Waals surface area contributed by atoms with Crippen LogP contribution in [0.1, 0.15) is 44.4 Å². The zero-order valence-corrected chi connectivity index (χ0v) is 13.7. The molecule has 1 aliphatic carbocycles. The van der Waals surface area contributed by atoms with Gasteiger partial charge in [-0.2, -0.15) is 0 Å². The van der Waals surface area contributed by atoms with Gasteiger partial charge in [-0.05, 0) is 51.8 Å². The summed E-state index contributed by atoms with van der Waals surface area (Å²) in [6, 6.07) is 9.88. The van der Waals surface area contributed by atoms with Gasteiger partial charge in [0.15, 0.2) is 0 Å². The Kier molecular flexibility index (Phi) is 4.08. The molecule has 1 N–H and O–H groups in total. The molecule has 3 heteroatoms. The van der Waals surface area contributed by atoms with Crippen LogP contribution in [0.5, 0.6) is 0 Å². The molecule has 0 spiro atoms. The van der Waals surface area contributed by atoms with E-state index >= 15 is 0 Å². The number of morpholine rings is 1. The van der Waals surface area contributed by atoms with Crippen molar-refractivity contribution in [2.45, 2.75) is 57.4 Å². The van der Waals surface area contributed by atoms with E-state index in [-0.39, 0.29) is 5.60 Å². The van der Waals surface area contributed by atoms with Gasteiger partial charge in [0.25, 0.3) is 0 Å². The first-order valence-corrected chi connectivity index (χ1v) is 8.17. The maximum atomic E-state index is 6.07. The summed E-state index contributed by atoms with van der Waals surface area (Å²) in [6.45, 7) is 8.66. The standard InChI is InChI=1S/C18H28N2O/c1-13-11-20(12-18(2,3)21-13)16-10-9-14-7-5-6-8-15(14)17(16)19-4/h5-8,13,16-17,19H,9-12H2,1-4H3. The molecular formula is C18H28N2O. The van der Waals surface area contributed by atoms with E-state index in [9.17, 15) is 0 Å². The summed E-state index contributed by atoms with van der Waals surface area (Å²) in [6.07, 6.45) is 2.72. The maximum Gasteiger partial charge on any atom is 0.0757 e. The van der Waals surface area contributed by atoms with Gasteiger partial charge in [0.1, 0.15) is 0 Å². The summed E-state index contributed by atoms with van der Waals surface area (Å²) >= 11 is 0. The Morgan fingerprint density at radius 2 is 2.05 bits per heavy atom. The van der Waals surface area contributed by atoms with Crippen molar-refractivity contribution in [1.29, 1.82) is 0 Å². The lowest BCUT2D eigenvalue weighted by atomic mass is 9.82. The lowest BCUT2D eigenvalue weighted by molar-refractivity contribution is -0.141. The highest BCUT2D eigenvalue weighted by atomic mass is 16.5. The van der Waals surface area contributed by atoms with Crippen LogP contribution in [0.2, 0.25) is 0 Å². The van der Waals surface area contributed by atoms with Crippen LogP contribution in [0.25, 0.3) is 0 Å². The van der Waals surface area contributed by atoms with Crippen LogP contribution in [0, 0.1) is 0 Å².